The summed E-state index contributed by atoms with van der Waals surface area (Å²) in [5.41, 5.74) is 1.76. The van der Waals surface area contributed by atoms with Crippen molar-refractivity contribution in [2.24, 2.45) is 4.99 Å². The highest BCUT2D eigenvalue weighted by Crippen LogP contribution is 2.33. The Morgan fingerprint density at radius 1 is 1.17 bits per heavy atom. The standard InChI is InChI=1S/C13H14BrNO3/c1-16-11-7-8-9(14)5-4-6-10(8)15-13(18-3)12(11)17-2/h4-7,12H,1-3H3. The van der Waals surface area contributed by atoms with Crippen molar-refractivity contribution < 1.29 is 14.2 Å². The Kier molecular flexibility index (Phi) is 4.04. The van der Waals surface area contributed by atoms with E-state index in [9.17, 15) is 0 Å². The number of halogens is 1. The maximum atomic E-state index is 5.38. The van der Waals surface area contributed by atoms with Gasteiger partial charge in [0.25, 0.3) is 0 Å². The molecule has 1 unspecified atom stereocenters. The van der Waals surface area contributed by atoms with Gasteiger partial charge in [-0.1, -0.05) is 22.0 Å². The topological polar surface area (TPSA) is 40.0 Å². The molecule has 0 bridgehead atoms. The molecule has 1 heterocycles. The first kappa shape index (κ1) is 13.1. The molecule has 0 radical (unpaired) electrons. The van der Waals surface area contributed by atoms with Crippen LogP contribution >= 0.6 is 15.9 Å². The van der Waals surface area contributed by atoms with Crippen molar-refractivity contribution in [3.05, 3.63) is 34.0 Å². The van der Waals surface area contributed by atoms with Gasteiger partial charge in [-0.3, -0.25) is 0 Å². The van der Waals surface area contributed by atoms with E-state index in [4.69, 9.17) is 14.2 Å². The average molecular weight is 312 g/mol. The Balaban J connectivity index is 2.64. The molecule has 1 aromatic rings. The number of aliphatic imine (C=N–C) groups is 1. The van der Waals surface area contributed by atoms with Gasteiger partial charge in [-0.05, 0) is 18.2 Å². The lowest BCUT2D eigenvalue weighted by Gasteiger charge is -2.17. The van der Waals surface area contributed by atoms with E-state index >= 15 is 0 Å². The molecule has 1 aliphatic rings. The fraction of sp³-hybridized carbons (Fsp3) is 0.308. The zero-order valence-corrected chi connectivity index (χ0v) is 12.0. The minimum atomic E-state index is -0.431. The molecule has 0 aliphatic carbocycles. The maximum absolute atomic E-state index is 5.38. The molecular formula is C13H14BrNO3. The summed E-state index contributed by atoms with van der Waals surface area (Å²) in [4.78, 5) is 4.48. The molecule has 1 atom stereocenters. The first-order valence-corrected chi connectivity index (χ1v) is 6.20. The van der Waals surface area contributed by atoms with E-state index < -0.39 is 6.10 Å². The molecule has 0 fully saturated rings. The van der Waals surface area contributed by atoms with Gasteiger partial charge in [0, 0.05) is 17.1 Å². The van der Waals surface area contributed by atoms with Crippen LogP contribution < -0.4 is 0 Å². The zero-order chi connectivity index (χ0) is 13.1. The molecule has 0 amide bonds. The molecule has 96 valence electrons. The number of nitrogens with zero attached hydrogens (tertiary/aromatic N) is 1. The van der Waals surface area contributed by atoms with Crippen LogP contribution in [0.2, 0.25) is 0 Å². The summed E-state index contributed by atoms with van der Waals surface area (Å²) in [5, 5.41) is 0. The summed E-state index contributed by atoms with van der Waals surface area (Å²) in [6, 6.07) is 5.80. The number of ether oxygens (including phenoxy) is 3. The van der Waals surface area contributed by atoms with E-state index in [2.05, 4.69) is 20.9 Å². The van der Waals surface area contributed by atoms with Gasteiger partial charge in [-0.2, -0.15) is 0 Å². The second-order valence-electron chi connectivity index (χ2n) is 3.69. The van der Waals surface area contributed by atoms with Gasteiger partial charge < -0.3 is 14.2 Å². The third-order valence-corrected chi connectivity index (χ3v) is 3.40. The van der Waals surface area contributed by atoms with Crippen LogP contribution in [0.4, 0.5) is 5.69 Å². The molecule has 5 heteroatoms. The van der Waals surface area contributed by atoms with E-state index in [1.54, 1.807) is 21.3 Å². The minimum absolute atomic E-state index is 0.431. The highest BCUT2D eigenvalue weighted by atomic mass is 79.9. The molecule has 0 N–H and O–H groups in total. The van der Waals surface area contributed by atoms with Crippen LogP contribution in [0.15, 0.2) is 33.4 Å². The van der Waals surface area contributed by atoms with Crippen molar-refractivity contribution in [3.63, 3.8) is 0 Å². The largest absolute Gasteiger partial charge is 0.498 e. The lowest BCUT2D eigenvalue weighted by molar-refractivity contribution is 0.108. The number of benzene rings is 1. The third kappa shape index (κ3) is 2.28. The summed E-state index contributed by atoms with van der Waals surface area (Å²) >= 11 is 3.51. The van der Waals surface area contributed by atoms with Crippen molar-refractivity contribution in [1.82, 2.24) is 0 Å². The van der Waals surface area contributed by atoms with Crippen molar-refractivity contribution in [3.8, 4) is 0 Å². The SMILES string of the molecule is COC1=Cc2c(Br)cccc2N=C(OC)C1OC. The van der Waals surface area contributed by atoms with Crippen LogP contribution in [-0.4, -0.2) is 33.3 Å². The van der Waals surface area contributed by atoms with Crippen molar-refractivity contribution in [1.29, 1.82) is 0 Å². The normalized spacial score (nSPS) is 18.3. The Labute approximate surface area is 114 Å². The Hall–Kier alpha value is -1.33. The fourth-order valence-corrected chi connectivity index (χ4v) is 2.29. The van der Waals surface area contributed by atoms with Crippen LogP contribution in [0.3, 0.4) is 0 Å². The van der Waals surface area contributed by atoms with E-state index in [-0.39, 0.29) is 0 Å². The van der Waals surface area contributed by atoms with Crippen LogP contribution in [0.1, 0.15) is 5.56 Å². The summed E-state index contributed by atoms with van der Waals surface area (Å²) in [6.45, 7) is 0. The second-order valence-corrected chi connectivity index (χ2v) is 4.55. The Morgan fingerprint density at radius 2 is 1.94 bits per heavy atom. The summed E-state index contributed by atoms with van der Waals surface area (Å²) < 4.78 is 17.0. The van der Waals surface area contributed by atoms with E-state index in [0.717, 1.165) is 15.7 Å². The molecule has 4 nitrogen and oxygen atoms in total. The van der Waals surface area contributed by atoms with E-state index in [1.165, 1.54) is 0 Å². The van der Waals surface area contributed by atoms with E-state index in [0.29, 0.717) is 11.7 Å². The van der Waals surface area contributed by atoms with Crippen molar-refractivity contribution >= 4 is 33.6 Å². The van der Waals surface area contributed by atoms with Gasteiger partial charge in [0.2, 0.25) is 5.90 Å². The van der Waals surface area contributed by atoms with Crippen LogP contribution in [0.5, 0.6) is 0 Å². The number of hydrogen-bond donors (Lipinski definition) is 0. The summed E-state index contributed by atoms with van der Waals surface area (Å²) in [7, 11) is 4.77. The van der Waals surface area contributed by atoms with Gasteiger partial charge >= 0.3 is 0 Å². The fourth-order valence-electron chi connectivity index (χ4n) is 1.82. The van der Waals surface area contributed by atoms with Crippen molar-refractivity contribution in [2.45, 2.75) is 6.10 Å². The molecule has 0 spiro atoms. The number of methoxy groups -OCH3 is 3. The van der Waals surface area contributed by atoms with Crippen LogP contribution in [0, 0.1) is 0 Å². The van der Waals surface area contributed by atoms with Crippen molar-refractivity contribution in [2.75, 3.05) is 21.3 Å². The Morgan fingerprint density at radius 3 is 2.56 bits per heavy atom. The van der Waals surface area contributed by atoms with Gasteiger partial charge in [0.1, 0.15) is 5.76 Å². The highest BCUT2D eigenvalue weighted by molar-refractivity contribution is 9.10. The van der Waals surface area contributed by atoms with Crippen LogP contribution in [-0.2, 0) is 14.2 Å². The maximum Gasteiger partial charge on any atom is 0.226 e. The quantitative estimate of drug-likeness (QED) is 0.842. The summed E-state index contributed by atoms with van der Waals surface area (Å²) in [6.07, 6.45) is 1.47. The second kappa shape index (κ2) is 5.54. The smallest absolute Gasteiger partial charge is 0.226 e. The monoisotopic (exact) mass is 311 g/mol. The van der Waals surface area contributed by atoms with E-state index in [1.807, 2.05) is 24.3 Å². The molecule has 2 rings (SSSR count). The first-order chi connectivity index (χ1) is 8.71. The first-order valence-electron chi connectivity index (χ1n) is 5.40. The molecule has 0 aromatic heterocycles. The number of rotatable bonds is 2. The lowest BCUT2D eigenvalue weighted by atomic mass is 10.1. The van der Waals surface area contributed by atoms with Gasteiger partial charge in [0.05, 0.1) is 19.9 Å². The van der Waals surface area contributed by atoms with Gasteiger partial charge in [0.15, 0.2) is 6.10 Å². The highest BCUT2D eigenvalue weighted by Gasteiger charge is 2.26. The molecule has 1 aromatic carbocycles. The van der Waals surface area contributed by atoms with Gasteiger partial charge in [-0.25, -0.2) is 4.99 Å². The number of fused-ring (bicyclic) bond motifs is 1. The predicted molar refractivity (Wildman–Crippen MR) is 74.0 cm³/mol. The third-order valence-electron chi connectivity index (χ3n) is 2.71. The molecule has 1 aliphatic heterocycles. The van der Waals surface area contributed by atoms with Gasteiger partial charge in [-0.15, -0.1) is 0 Å². The van der Waals surface area contributed by atoms with Crippen LogP contribution in [0.25, 0.3) is 6.08 Å². The molecular weight excluding hydrogens is 298 g/mol. The lowest BCUT2D eigenvalue weighted by Crippen LogP contribution is -2.26. The summed E-state index contributed by atoms with van der Waals surface area (Å²) in [5.74, 6) is 1.13. The average Bonchev–Trinajstić information content (AvgIpc) is 2.55. The molecule has 0 saturated carbocycles. The molecule has 18 heavy (non-hydrogen) atoms. The molecule has 0 saturated heterocycles. The Bertz CT molecular complexity index is 511. The minimum Gasteiger partial charge on any atom is -0.498 e. The number of hydrogen-bond acceptors (Lipinski definition) is 4. The predicted octanol–water partition coefficient (Wildman–Crippen LogP) is 3.14. The zero-order valence-electron chi connectivity index (χ0n) is 10.4.